The Hall–Kier alpha value is -1.42. The van der Waals surface area contributed by atoms with Gasteiger partial charge in [-0.1, -0.05) is 44.4 Å². The maximum Gasteiger partial charge on any atom is 0.305 e. The molecule has 0 aliphatic heterocycles. The van der Waals surface area contributed by atoms with Crippen molar-refractivity contribution < 1.29 is 19.4 Å². The molecule has 3 atom stereocenters. The van der Waals surface area contributed by atoms with Gasteiger partial charge in [-0.2, -0.15) is 0 Å². The second-order valence-corrected chi connectivity index (χ2v) is 5.61. The number of ether oxygens (including phenoxy) is 1. The minimum absolute atomic E-state index is 0.00762. The summed E-state index contributed by atoms with van der Waals surface area (Å²) >= 11 is 0. The Morgan fingerprint density at radius 2 is 2.10 bits per heavy atom. The lowest BCUT2D eigenvalue weighted by Gasteiger charge is -2.10. The van der Waals surface area contributed by atoms with Gasteiger partial charge in [-0.25, -0.2) is 0 Å². The lowest BCUT2D eigenvalue weighted by molar-refractivity contribution is -0.140. The van der Waals surface area contributed by atoms with Crippen LogP contribution < -0.4 is 0 Å². The van der Waals surface area contributed by atoms with E-state index >= 15 is 0 Å². The molecule has 118 valence electrons. The maximum atomic E-state index is 11.4. The molecular formula is C17H26O4. The number of rotatable bonds is 9. The molecule has 1 rings (SSSR count). The molecular weight excluding hydrogens is 268 g/mol. The van der Waals surface area contributed by atoms with Crippen molar-refractivity contribution in [2.24, 2.45) is 11.8 Å². The fraction of sp³-hybridized carbons (Fsp3) is 0.647. The first-order valence-corrected chi connectivity index (χ1v) is 7.70. The van der Waals surface area contributed by atoms with Crippen molar-refractivity contribution in [3.8, 4) is 0 Å². The molecule has 0 heterocycles. The lowest BCUT2D eigenvalue weighted by Crippen LogP contribution is -2.10. The smallest absolute Gasteiger partial charge is 0.305 e. The van der Waals surface area contributed by atoms with E-state index in [0.717, 1.165) is 25.7 Å². The van der Waals surface area contributed by atoms with Gasteiger partial charge < -0.3 is 9.84 Å². The van der Waals surface area contributed by atoms with Gasteiger partial charge in [-0.15, -0.1) is 0 Å². The molecule has 3 unspecified atom stereocenters. The molecule has 0 saturated carbocycles. The Labute approximate surface area is 126 Å². The Bertz CT molecular complexity index is 398. The summed E-state index contributed by atoms with van der Waals surface area (Å²) < 4.78 is 4.57. The third kappa shape index (κ3) is 6.71. The Balaban J connectivity index is 2.09. The molecule has 0 spiro atoms. The van der Waals surface area contributed by atoms with Gasteiger partial charge in [0.1, 0.15) is 0 Å². The number of allylic oxidation sites excluding steroid dienone is 3. The topological polar surface area (TPSA) is 63.6 Å². The van der Waals surface area contributed by atoms with Crippen LogP contribution in [-0.4, -0.2) is 30.1 Å². The Morgan fingerprint density at radius 1 is 1.38 bits per heavy atom. The predicted octanol–water partition coefficient (Wildman–Crippen LogP) is 2.81. The van der Waals surface area contributed by atoms with Crippen LogP contribution in [0.15, 0.2) is 24.3 Å². The van der Waals surface area contributed by atoms with E-state index in [1.165, 1.54) is 7.11 Å². The number of hydrogen-bond acceptors (Lipinski definition) is 4. The van der Waals surface area contributed by atoms with Gasteiger partial charge in [0.15, 0.2) is 5.78 Å². The van der Waals surface area contributed by atoms with Crippen molar-refractivity contribution >= 4 is 11.8 Å². The van der Waals surface area contributed by atoms with Crippen LogP contribution in [0.5, 0.6) is 0 Å². The van der Waals surface area contributed by atoms with Gasteiger partial charge in [-0.3, -0.25) is 9.59 Å². The number of aliphatic hydroxyl groups excluding tert-OH is 1. The van der Waals surface area contributed by atoms with Crippen LogP contribution in [-0.2, 0) is 14.3 Å². The zero-order valence-corrected chi connectivity index (χ0v) is 13.0. The van der Waals surface area contributed by atoms with Crippen molar-refractivity contribution in [1.29, 1.82) is 0 Å². The SMILES string of the molecule is COC(=O)CCCCCCC(O)C=CC1C=CC(=O)C1C. The van der Waals surface area contributed by atoms with Gasteiger partial charge in [0.25, 0.3) is 0 Å². The molecule has 0 aromatic carbocycles. The minimum Gasteiger partial charge on any atom is -0.469 e. The fourth-order valence-corrected chi connectivity index (χ4v) is 2.38. The highest BCUT2D eigenvalue weighted by Crippen LogP contribution is 2.23. The van der Waals surface area contributed by atoms with Gasteiger partial charge in [0.05, 0.1) is 13.2 Å². The molecule has 0 saturated heterocycles. The van der Waals surface area contributed by atoms with Gasteiger partial charge in [-0.05, 0) is 18.9 Å². The van der Waals surface area contributed by atoms with Crippen LogP contribution >= 0.6 is 0 Å². The van der Waals surface area contributed by atoms with Crippen molar-refractivity contribution in [2.45, 2.75) is 51.6 Å². The zero-order chi connectivity index (χ0) is 15.7. The Kier molecular flexibility index (Phi) is 7.98. The van der Waals surface area contributed by atoms with Crippen LogP contribution in [0.1, 0.15) is 45.4 Å². The summed E-state index contributed by atoms with van der Waals surface area (Å²) in [6.07, 6.45) is 11.7. The first-order chi connectivity index (χ1) is 10.0. The van der Waals surface area contributed by atoms with E-state index in [-0.39, 0.29) is 23.6 Å². The zero-order valence-electron chi connectivity index (χ0n) is 13.0. The number of carbonyl (C=O) groups excluding carboxylic acids is 2. The number of ketones is 1. The molecule has 0 aromatic rings. The quantitative estimate of drug-likeness (QED) is 0.403. The number of methoxy groups -OCH3 is 1. The van der Waals surface area contributed by atoms with E-state index in [4.69, 9.17) is 0 Å². The van der Waals surface area contributed by atoms with Crippen LogP contribution in [0.3, 0.4) is 0 Å². The highest BCUT2D eigenvalue weighted by molar-refractivity contribution is 5.94. The van der Waals surface area contributed by atoms with E-state index in [2.05, 4.69) is 4.74 Å². The molecule has 21 heavy (non-hydrogen) atoms. The first-order valence-electron chi connectivity index (χ1n) is 7.70. The maximum absolute atomic E-state index is 11.4. The summed E-state index contributed by atoms with van der Waals surface area (Å²) in [5.74, 6) is 0.106. The van der Waals surface area contributed by atoms with Crippen LogP contribution in [0.2, 0.25) is 0 Å². The van der Waals surface area contributed by atoms with Gasteiger partial charge in [0.2, 0.25) is 0 Å². The largest absolute Gasteiger partial charge is 0.469 e. The van der Waals surface area contributed by atoms with Crippen molar-refractivity contribution in [2.75, 3.05) is 7.11 Å². The first kappa shape index (κ1) is 17.6. The summed E-state index contributed by atoms with van der Waals surface area (Å²) in [5.41, 5.74) is 0. The van der Waals surface area contributed by atoms with Crippen LogP contribution in [0.25, 0.3) is 0 Å². The summed E-state index contributed by atoms with van der Waals surface area (Å²) in [7, 11) is 1.40. The summed E-state index contributed by atoms with van der Waals surface area (Å²) in [4.78, 5) is 22.3. The Morgan fingerprint density at radius 3 is 2.71 bits per heavy atom. The van der Waals surface area contributed by atoms with E-state index in [1.807, 2.05) is 19.1 Å². The molecule has 1 N–H and O–H groups in total. The monoisotopic (exact) mass is 294 g/mol. The minimum atomic E-state index is -0.457. The van der Waals surface area contributed by atoms with Gasteiger partial charge in [0, 0.05) is 18.3 Å². The predicted molar refractivity (Wildman–Crippen MR) is 81.7 cm³/mol. The molecule has 0 amide bonds. The van der Waals surface area contributed by atoms with E-state index in [0.29, 0.717) is 12.8 Å². The molecule has 4 heteroatoms. The van der Waals surface area contributed by atoms with Crippen molar-refractivity contribution in [3.63, 3.8) is 0 Å². The second-order valence-electron chi connectivity index (χ2n) is 5.61. The highest BCUT2D eigenvalue weighted by Gasteiger charge is 2.23. The summed E-state index contributed by atoms with van der Waals surface area (Å²) in [6.45, 7) is 1.91. The normalized spacial score (nSPS) is 22.9. The van der Waals surface area contributed by atoms with Crippen molar-refractivity contribution in [1.82, 2.24) is 0 Å². The average Bonchev–Trinajstić information content (AvgIpc) is 2.79. The standard InChI is InChI=1S/C17H26O4/c1-13-14(10-12-16(13)19)9-11-15(18)7-5-3-4-6-8-17(20)21-2/h9-15,18H,3-8H2,1-2H3. The van der Waals surface area contributed by atoms with Crippen molar-refractivity contribution in [3.05, 3.63) is 24.3 Å². The molecule has 0 aromatic heterocycles. The number of hydrogen-bond donors (Lipinski definition) is 1. The molecule has 1 aliphatic carbocycles. The van der Waals surface area contributed by atoms with E-state index < -0.39 is 6.10 Å². The molecule has 0 bridgehead atoms. The number of unbranched alkanes of at least 4 members (excludes halogenated alkanes) is 3. The van der Waals surface area contributed by atoms with Crippen LogP contribution in [0, 0.1) is 11.8 Å². The number of esters is 1. The lowest BCUT2D eigenvalue weighted by atomic mass is 9.96. The second kappa shape index (κ2) is 9.50. The highest BCUT2D eigenvalue weighted by atomic mass is 16.5. The third-order valence-electron chi connectivity index (χ3n) is 3.92. The van der Waals surface area contributed by atoms with Crippen LogP contribution in [0.4, 0.5) is 0 Å². The van der Waals surface area contributed by atoms with E-state index in [9.17, 15) is 14.7 Å². The molecule has 1 aliphatic rings. The summed E-state index contributed by atoms with van der Waals surface area (Å²) in [6, 6.07) is 0. The van der Waals surface area contributed by atoms with Gasteiger partial charge >= 0.3 is 5.97 Å². The molecule has 0 radical (unpaired) electrons. The number of aliphatic hydroxyl groups is 1. The third-order valence-corrected chi connectivity index (χ3v) is 3.92. The molecule has 4 nitrogen and oxygen atoms in total. The molecule has 0 fully saturated rings. The number of carbonyl (C=O) groups is 2. The average molecular weight is 294 g/mol. The summed E-state index contributed by atoms with van der Waals surface area (Å²) in [5, 5.41) is 9.87. The van der Waals surface area contributed by atoms with E-state index in [1.54, 1.807) is 12.2 Å². The fourth-order valence-electron chi connectivity index (χ4n) is 2.38.